The molecule has 0 spiro atoms. The summed E-state index contributed by atoms with van der Waals surface area (Å²) in [5.74, 6) is -2.22. The van der Waals surface area contributed by atoms with Crippen molar-refractivity contribution in [1.29, 1.82) is 0 Å². The van der Waals surface area contributed by atoms with Gasteiger partial charge in [-0.3, -0.25) is 14.4 Å². The Morgan fingerprint density at radius 3 is 1.69 bits per heavy atom. The molecule has 2 rings (SSSR count). The molecule has 0 aliphatic carbocycles. The number of ether oxygens (including phenoxy) is 4. The first-order valence-corrected chi connectivity index (χ1v) is 11.1. The minimum absolute atomic E-state index is 0.150. The van der Waals surface area contributed by atoms with Crippen LogP contribution in [0.3, 0.4) is 0 Å². The summed E-state index contributed by atoms with van der Waals surface area (Å²) >= 11 is 0. The fraction of sp³-hybridized carbons (Fsp3) is 0.850. The topological polar surface area (TPSA) is 242 Å². The minimum Gasteiger partial charge on any atom is -0.463 e. The third-order valence-corrected chi connectivity index (χ3v) is 5.56. The predicted molar refractivity (Wildman–Crippen MR) is 110 cm³/mol. The summed E-state index contributed by atoms with van der Waals surface area (Å²) in [4.78, 5) is 35.4. The van der Waals surface area contributed by atoms with Gasteiger partial charge in [0.1, 0.15) is 62.0 Å². The molecule has 10 atom stereocenters. The smallest absolute Gasteiger partial charge is 0.306 e. The third kappa shape index (κ3) is 8.03. The van der Waals surface area contributed by atoms with E-state index < -0.39 is 105 Å². The second kappa shape index (κ2) is 13.4. The van der Waals surface area contributed by atoms with Crippen molar-refractivity contribution in [3.63, 3.8) is 0 Å². The fourth-order valence-electron chi connectivity index (χ4n) is 3.49. The highest BCUT2D eigenvalue weighted by Crippen LogP contribution is 2.22. The zero-order chi connectivity index (χ0) is 26.3. The van der Waals surface area contributed by atoms with Gasteiger partial charge in [0.25, 0.3) is 0 Å². The maximum Gasteiger partial charge on any atom is 0.306 e. The Morgan fingerprint density at radius 1 is 0.686 bits per heavy atom. The highest BCUT2D eigenvalue weighted by atomic mass is 16.7. The first kappa shape index (κ1) is 29.3. The lowest BCUT2D eigenvalue weighted by Crippen LogP contribution is -2.64. The number of rotatable bonds is 10. The number of nitrogens with one attached hydrogen (secondary N) is 1. The molecule has 0 bridgehead atoms. The van der Waals surface area contributed by atoms with Crippen LogP contribution < -0.4 is 5.32 Å². The number of aliphatic hydroxyl groups excluding tert-OH is 7. The van der Waals surface area contributed by atoms with E-state index in [-0.39, 0.29) is 6.42 Å². The minimum atomic E-state index is -1.79. The molecule has 2 aliphatic heterocycles. The van der Waals surface area contributed by atoms with Gasteiger partial charge in [-0.25, -0.2) is 0 Å². The van der Waals surface area contributed by atoms with E-state index in [0.717, 1.165) is 0 Å². The molecule has 8 N–H and O–H groups in total. The van der Waals surface area contributed by atoms with Crippen LogP contribution >= 0.6 is 0 Å². The second-order valence-electron chi connectivity index (χ2n) is 8.29. The van der Waals surface area contributed by atoms with Crippen molar-refractivity contribution in [2.24, 2.45) is 0 Å². The van der Waals surface area contributed by atoms with Crippen LogP contribution in [0.4, 0.5) is 0 Å². The van der Waals surface area contributed by atoms with Gasteiger partial charge in [-0.2, -0.15) is 0 Å². The number of amides is 1. The van der Waals surface area contributed by atoms with Gasteiger partial charge in [0.15, 0.2) is 12.6 Å². The molecule has 202 valence electrons. The fourth-order valence-corrected chi connectivity index (χ4v) is 3.49. The molecule has 35 heavy (non-hydrogen) atoms. The van der Waals surface area contributed by atoms with Crippen LogP contribution in [0.5, 0.6) is 0 Å². The second-order valence-corrected chi connectivity index (χ2v) is 8.29. The molecule has 0 radical (unpaired) electrons. The van der Waals surface area contributed by atoms with Crippen molar-refractivity contribution in [3.05, 3.63) is 0 Å². The standard InChI is InChI=1S/C20H33NO14/c1-2-3-10(22)21-13-16(27)14(25)8(34-19(13)30)6-32-11(23)4-5-12(24)33-7-9-15(26)17(28)18(29)20(31)35-9/h8-9,13-20,25-31H,2-7H2,1H3,(H,21,22)/t8-,9+,13+,14+,15+,16+,17-,18+,19?,20?/m0/s1. The molecule has 0 aromatic carbocycles. The highest BCUT2D eigenvalue weighted by Gasteiger charge is 2.45. The van der Waals surface area contributed by atoms with Crippen LogP contribution in [-0.2, 0) is 33.3 Å². The molecular formula is C20H33NO14. The number of carbonyl (C=O) groups is 3. The van der Waals surface area contributed by atoms with Crippen LogP contribution in [0, 0.1) is 0 Å². The lowest BCUT2D eigenvalue weighted by atomic mass is 9.97. The summed E-state index contributed by atoms with van der Waals surface area (Å²) in [5, 5.41) is 71.0. The van der Waals surface area contributed by atoms with E-state index in [9.17, 15) is 50.1 Å². The Balaban J connectivity index is 1.71. The molecule has 0 aromatic rings. The first-order valence-electron chi connectivity index (χ1n) is 11.1. The van der Waals surface area contributed by atoms with Gasteiger partial charge >= 0.3 is 11.9 Å². The average Bonchev–Trinajstić information content (AvgIpc) is 2.82. The molecule has 0 saturated carbocycles. The Hall–Kier alpha value is -1.95. The first-order chi connectivity index (χ1) is 16.5. The number of carbonyl (C=O) groups excluding carboxylic acids is 3. The van der Waals surface area contributed by atoms with Gasteiger partial charge in [-0.15, -0.1) is 0 Å². The van der Waals surface area contributed by atoms with Gasteiger partial charge in [0.2, 0.25) is 5.91 Å². The maximum absolute atomic E-state index is 11.9. The molecule has 2 heterocycles. The van der Waals surface area contributed by atoms with E-state index in [0.29, 0.717) is 6.42 Å². The summed E-state index contributed by atoms with van der Waals surface area (Å²) in [7, 11) is 0. The van der Waals surface area contributed by atoms with Crippen LogP contribution in [0.2, 0.25) is 0 Å². The van der Waals surface area contributed by atoms with Crippen molar-refractivity contribution in [2.75, 3.05) is 13.2 Å². The summed E-state index contributed by atoms with van der Waals surface area (Å²) in [6.07, 6.45) is -14.5. The Bertz CT molecular complexity index is 722. The number of hydrogen-bond donors (Lipinski definition) is 8. The normalized spacial score (nSPS) is 37.4. The lowest BCUT2D eigenvalue weighted by molar-refractivity contribution is -0.287. The monoisotopic (exact) mass is 511 g/mol. The Morgan fingerprint density at radius 2 is 1.17 bits per heavy atom. The van der Waals surface area contributed by atoms with E-state index in [1.165, 1.54) is 0 Å². The molecule has 2 unspecified atom stereocenters. The van der Waals surface area contributed by atoms with E-state index in [4.69, 9.17) is 18.9 Å². The Labute approximate surface area is 200 Å². The average molecular weight is 511 g/mol. The summed E-state index contributed by atoms with van der Waals surface area (Å²) < 4.78 is 19.7. The SMILES string of the molecule is CCCC(=O)N[C@H]1C(O)O[C@@H](COC(=O)CCC(=O)OC[C@H]2OC(O)[C@H](O)[C@@H](O)[C@@H]2O)[C@@H](O)[C@@H]1O. The number of aliphatic hydroxyl groups is 7. The summed E-state index contributed by atoms with van der Waals surface area (Å²) in [6, 6.07) is -1.28. The van der Waals surface area contributed by atoms with E-state index in [1.807, 2.05) is 0 Å². The van der Waals surface area contributed by atoms with Crippen molar-refractivity contribution in [2.45, 2.75) is 94.0 Å². The highest BCUT2D eigenvalue weighted by molar-refractivity contribution is 5.77. The number of hydrogen-bond acceptors (Lipinski definition) is 14. The summed E-state index contributed by atoms with van der Waals surface area (Å²) in [6.45, 7) is 0.643. The van der Waals surface area contributed by atoms with Gasteiger partial charge < -0.3 is 60.0 Å². The molecule has 0 aromatic heterocycles. The van der Waals surface area contributed by atoms with Gasteiger partial charge in [0.05, 0.1) is 12.8 Å². The van der Waals surface area contributed by atoms with E-state index in [2.05, 4.69) is 5.32 Å². The van der Waals surface area contributed by atoms with Crippen molar-refractivity contribution < 1.29 is 69.1 Å². The zero-order valence-corrected chi connectivity index (χ0v) is 19.0. The van der Waals surface area contributed by atoms with Crippen molar-refractivity contribution >= 4 is 17.8 Å². The molecule has 1 amide bonds. The van der Waals surface area contributed by atoms with Crippen LogP contribution in [-0.4, -0.2) is 128 Å². The van der Waals surface area contributed by atoms with Crippen molar-refractivity contribution in [1.82, 2.24) is 5.32 Å². The van der Waals surface area contributed by atoms with Crippen LogP contribution in [0.15, 0.2) is 0 Å². The van der Waals surface area contributed by atoms with Crippen molar-refractivity contribution in [3.8, 4) is 0 Å². The largest absolute Gasteiger partial charge is 0.463 e. The van der Waals surface area contributed by atoms with Crippen LogP contribution in [0.1, 0.15) is 32.6 Å². The van der Waals surface area contributed by atoms with Gasteiger partial charge in [-0.1, -0.05) is 6.92 Å². The molecule has 15 nitrogen and oxygen atoms in total. The third-order valence-electron chi connectivity index (χ3n) is 5.56. The maximum atomic E-state index is 11.9. The van der Waals surface area contributed by atoms with Gasteiger partial charge in [0, 0.05) is 6.42 Å². The molecule has 2 aliphatic rings. The van der Waals surface area contributed by atoms with E-state index in [1.54, 1.807) is 6.92 Å². The molecular weight excluding hydrogens is 478 g/mol. The molecule has 2 saturated heterocycles. The summed E-state index contributed by atoms with van der Waals surface area (Å²) in [5.41, 5.74) is 0. The Kier molecular flexibility index (Phi) is 11.2. The number of esters is 2. The quantitative estimate of drug-likeness (QED) is 0.129. The molecule has 15 heteroatoms. The lowest BCUT2D eigenvalue weighted by Gasteiger charge is -2.40. The molecule has 2 fully saturated rings. The van der Waals surface area contributed by atoms with Crippen LogP contribution in [0.25, 0.3) is 0 Å². The predicted octanol–water partition coefficient (Wildman–Crippen LogP) is -4.62. The van der Waals surface area contributed by atoms with E-state index >= 15 is 0 Å². The zero-order valence-electron chi connectivity index (χ0n) is 19.0. The van der Waals surface area contributed by atoms with Gasteiger partial charge in [-0.05, 0) is 6.42 Å².